The lowest BCUT2D eigenvalue weighted by molar-refractivity contribution is 1.66. The minimum atomic E-state index is 1.23. The van der Waals surface area contributed by atoms with Gasteiger partial charge < -0.3 is 0 Å². The maximum absolute atomic E-state index is 2.42. The van der Waals surface area contributed by atoms with Crippen LogP contribution in [0.5, 0.6) is 0 Å². The molecule has 0 aromatic heterocycles. The van der Waals surface area contributed by atoms with E-state index in [0.29, 0.717) is 0 Å². The van der Waals surface area contributed by atoms with Gasteiger partial charge in [0.25, 0.3) is 0 Å². The van der Waals surface area contributed by atoms with Crippen LogP contribution < -0.4 is 0 Å². The lowest BCUT2D eigenvalue weighted by Crippen LogP contribution is -1.92. The highest BCUT2D eigenvalue weighted by molar-refractivity contribution is 6.23. The van der Waals surface area contributed by atoms with Crippen molar-refractivity contribution < 1.29 is 0 Å². The summed E-state index contributed by atoms with van der Waals surface area (Å²) in [6.07, 6.45) is 0. The molecule has 0 aliphatic rings. The van der Waals surface area contributed by atoms with Gasteiger partial charge in [0, 0.05) is 0 Å². The SMILES string of the molecule is c1ccc2cc(-c3cccc4cc5c(-c6ccc7c(ccc8ccccc87)c6)cccc5c(-c5cccc6ccccc56)c34)ccc2c1. The average molecular weight is 607 g/mol. The van der Waals surface area contributed by atoms with E-state index >= 15 is 0 Å². The predicted molar refractivity (Wildman–Crippen MR) is 208 cm³/mol. The van der Waals surface area contributed by atoms with Crippen LogP contribution in [0.1, 0.15) is 0 Å². The topological polar surface area (TPSA) is 0 Å². The summed E-state index contributed by atoms with van der Waals surface area (Å²) >= 11 is 0. The molecule has 48 heavy (non-hydrogen) atoms. The molecule has 0 aliphatic carbocycles. The van der Waals surface area contributed by atoms with Gasteiger partial charge in [-0.2, -0.15) is 0 Å². The summed E-state index contributed by atoms with van der Waals surface area (Å²) in [5, 5.41) is 15.2. The van der Waals surface area contributed by atoms with Gasteiger partial charge in [0.2, 0.25) is 0 Å². The zero-order chi connectivity index (χ0) is 31.6. The summed E-state index contributed by atoms with van der Waals surface area (Å²) < 4.78 is 0. The van der Waals surface area contributed by atoms with E-state index in [2.05, 4.69) is 182 Å². The average Bonchev–Trinajstić information content (AvgIpc) is 3.16. The van der Waals surface area contributed by atoms with Gasteiger partial charge in [-0.15, -0.1) is 0 Å². The van der Waals surface area contributed by atoms with E-state index in [1.54, 1.807) is 0 Å². The molecule has 10 rings (SSSR count). The van der Waals surface area contributed by atoms with Crippen LogP contribution in [0.15, 0.2) is 182 Å². The third kappa shape index (κ3) is 4.16. The first-order chi connectivity index (χ1) is 23.8. The van der Waals surface area contributed by atoms with Crippen molar-refractivity contribution in [3.05, 3.63) is 182 Å². The van der Waals surface area contributed by atoms with Crippen molar-refractivity contribution in [3.63, 3.8) is 0 Å². The number of hydrogen-bond acceptors (Lipinski definition) is 0. The smallest absolute Gasteiger partial charge is 0.00141 e. The molecule has 0 heteroatoms. The maximum Gasteiger partial charge on any atom is -0.00141 e. The summed E-state index contributed by atoms with van der Waals surface area (Å²) in [5.41, 5.74) is 7.53. The fourth-order valence-electron chi connectivity index (χ4n) is 7.95. The Morgan fingerprint density at radius 3 is 1.62 bits per heavy atom. The summed E-state index contributed by atoms with van der Waals surface area (Å²) in [6.45, 7) is 0. The van der Waals surface area contributed by atoms with Crippen molar-refractivity contribution in [1.82, 2.24) is 0 Å². The second-order valence-corrected chi connectivity index (χ2v) is 12.9. The number of fused-ring (bicyclic) bond motifs is 7. The Kier molecular flexibility index (Phi) is 5.98. The van der Waals surface area contributed by atoms with E-state index in [1.807, 2.05) is 0 Å². The number of benzene rings is 10. The third-order valence-electron chi connectivity index (χ3n) is 10.2. The third-order valence-corrected chi connectivity index (χ3v) is 10.2. The number of hydrogen-bond donors (Lipinski definition) is 0. The molecule has 10 aromatic rings. The standard InChI is InChI=1S/C48H30/c1-2-13-34-28-37(24-22-31(34)10-1)43-19-8-15-38-30-46-41(36-26-27-42-35(29-36)25-23-33-12-4-5-16-39(33)42)18-9-21-45(46)48(47(38)43)44-20-7-14-32-11-3-6-17-40(32)44/h1-30H. The summed E-state index contributed by atoms with van der Waals surface area (Å²) in [7, 11) is 0. The van der Waals surface area contributed by atoms with E-state index in [9.17, 15) is 0 Å². The molecule has 0 nitrogen and oxygen atoms in total. The van der Waals surface area contributed by atoms with Crippen molar-refractivity contribution in [2.45, 2.75) is 0 Å². The van der Waals surface area contributed by atoms with Crippen LogP contribution in [0.25, 0.3) is 98.0 Å². The molecule has 0 unspecified atom stereocenters. The van der Waals surface area contributed by atoms with Crippen LogP contribution in [0.4, 0.5) is 0 Å². The lowest BCUT2D eigenvalue weighted by atomic mass is 9.84. The van der Waals surface area contributed by atoms with Gasteiger partial charge in [0.05, 0.1) is 0 Å². The van der Waals surface area contributed by atoms with Crippen LogP contribution in [0, 0.1) is 0 Å². The molecular formula is C48H30. The fraction of sp³-hybridized carbons (Fsp3) is 0. The van der Waals surface area contributed by atoms with Crippen molar-refractivity contribution in [2.24, 2.45) is 0 Å². The highest BCUT2D eigenvalue weighted by Crippen LogP contribution is 2.46. The van der Waals surface area contributed by atoms with Crippen molar-refractivity contribution in [2.75, 3.05) is 0 Å². The normalized spacial score (nSPS) is 11.8. The largest absolute Gasteiger partial charge is 0.0616 e. The van der Waals surface area contributed by atoms with Crippen LogP contribution in [0.3, 0.4) is 0 Å². The van der Waals surface area contributed by atoms with Crippen molar-refractivity contribution in [3.8, 4) is 33.4 Å². The predicted octanol–water partition coefficient (Wildman–Crippen LogP) is 13.6. The van der Waals surface area contributed by atoms with Gasteiger partial charge >= 0.3 is 0 Å². The Morgan fingerprint density at radius 1 is 0.229 bits per heavy atom. The quantitative estimate of drug-likeness (QED) is 0.139. The van der Waals surface area contributed by atoms with Gasteiger partial charge in [-0.05, 0) is 116 Å². The minimum absolute atomic E-state index is 1.23. The van der Waals surface area contributed by atoms with Gasteiger partial charge in [0.15, 0.2) is 0 Å². The first-order valence-corrected chi connectivity index (χ1v) is 16.7. The first kappa shape index (κ1) is 26.9. The van der Waals surface area contributed by atoms with Gasteiger partial charge in [-0.3, -0.25) is 0 Å². The van der Waals surface area contributed by atoms with Crippen LogP contribution >= 0.6 is 0 Å². The van der Waals surface area contributed by atoms with Gasteiger partial charge in [0.1, 0.15) is 0 Å². The van der Waals surface area contributed by atoms with E-state index in [0.717, 1.165) is 0 Å². The Labute approximate surface area is 279 Å². The Bertz CT molecular complexity index is 2890. The molecular weight excluding hydrogens is 577 g/mol. The van der Waals surface area contributed by atoms with E-state index in [1.165, 1.54) is 98.0 Å². The molecule has 0 bridgehead atoms. The minimum Gasteiger partial charge on any atom is -0.0616 e. The molecule has 0 aliphatic heterocycles. The van der Waals surface area contributed by atoms with Crippen LogP contribution in [-0.2, 0) is 0 Å². The molecule has 0 N–H and O–H groups in total. The Balaban J connectivity index is 1.30. The van der Waals surface area contributed by atoms with E-state index in [4.69, 9.17) is 0 Å². The maximum atomic E-state index is 2.42. The first-order valence-electron chi connectivity index (χ1n) is 16.7. The Hall–Kier alpha value is -6.24. The Morgan fingerprint density at radius 2 is 0.750 bits per heavy atom. The van der Waals surface area contributed by atoms with E-state index in [-0.39, 0.29) is 0 Å². The molecule has 0 heterocycles. The monoisotopic (exact) mass is 606 g/mol. The zero-order valence-electron chi connectivity index (χ0n) is 26.3. The number of rotatable bonds is 3. The zero-order valence-corrected chi connectivity index (χ0v) is 26.3. The molecule has 0 amide bonds. The molecule has 10 aromatic carbocycles. The molecule has 0 fully saturated rings. The van der Waals surface area contributed by atoms with Crippen LogP contribution in [0.2, 0.25) is 0 Å². The van der Waals surface area contributed by atoms with Crippen molar-refractivity contribution in [1.29, 1.82) is 0 Å². The molecule has 0 radical (unpaired) electrons. The highest BCUT2D eigenvalue weighted by atomic mass is 14.2. The van der Waals surface area contributed by atoms with Gasteiger partial charge in [-0.25, -0.2) is 0 Å². The lowest BCUT2D eigenvalue weighted by Gasteiger charge is -2.19. The second kappa shape index (κ2) is 10.7. The molecule has 0 spiro atoms. The summed E-state index contributed by atoms with van der Waals surface area (Å²) in [6, 6.07) is 67.2. The van der Waals surface area contributed by atoms with Crippen molar-refractivity contribution >= 4 is 64.6 Å². The molecule has 0 saturated heterocycles. The molecule has 0 saturated carbocycles. The molecule has 0 atom stereocenters. The van der Waals surface area contributed by atoms with E-state index < -0.39 is 0 Å². The van der Waals surface area contributed by atoms with Gasteiger partial charge in [-0.1, -0.05) is 164 Å². The summed E-state index contributed by atoms with van der Waals surface area (Å²) in [5.74, 6) is 0. The van der Waals surface area contributed by atoms with Crippen LogP contribution in [-0.4, -0.2) is 0 Å². The highest BCUT2D eigenvalue weighted by Gasteiger charge is 2.18. The summed E-state index contributed by atoms with van der Waals surface area (Å²) in [4.78, 5) is 0. The second-order valence-electron chi connectivity index (χ2n) is 12.9. The molecule has 222 valence electrons. The fourth-order valence-corrected chi connectivity index (χ4v) is 7.95.